The predicted octanol–water partition coefficient (Wildman–Crippen LogP) is 5.09. The first-order valence-corrected chi connectivity index (χ1v) is 11.8. The minimum absolute atomic E-state index is 0.122. The lowest BCUT2D eigenvalue weighted by Gasteiger charge is -2.26. The topological polar surface area (TPSA) is 89.1 Å². The summed E-state index contributed by atoms with van der Waals surface area (Å²) in [5.41, 5.74) is 3.24. The van der Waals surface area contributed by atoms with Gasteiger partial charge >= 0.3 is 0 Å². The molecule has 0 saturated carbocycles. The van der Waals surface area contributed by atoms with Crippen LogP contribution in [0.25, 0.3) is 11.8 Å². The van der Waals surface area contributed by atoms with Gasteiger partial charge < -0.3 is 10.1 Å². The van der Waals surface area contributed by atoms with Crippen LogP contribution in [0.3, 0.4) is 0 Å². The lowest BCUT2D eigenvalue weighted by atomic mass is 9.94. The Hall–Kier alpha value is -5.09. The van der Waals surface area contributed by atoms with Crippen molar-refractivity contribution in [2.24, 2.45) is 7.05 Å². The molecule has 0 saturated heterocycles. The van der Waals surface area contributed by atoms with E-state index in [2.05, 4.69) is 5.32 Å². The molecule has 1 aromatic heterocycles. The van der Waals surface area contributed by atoms with Crippen molar-refractivity contribution in [2.75, 3.05) is 5.32 Å². The molecule has 1 amide bonds. The number of aromatic nitrogens is 2. The summed E-state index contributed by atoms with van der Waals surface area (Å²) in [5.74, 6) is 0.0536. The van der Waals surface area contributed by atoms with Gasteiger partial charge in [0.15, 0.2) is 0 Å². The minimum atomic E-state index is -0.667. The molecule has 37 heavy (non-hydrogen) atoms. The zero-order valence-corrected chi connectivity index (χ0v) is 20.4. The molecule has 0 radical (unpaired) electrons. The van der Waals surface area contributed by atoms with E-state index in [-0.39, 0.29) is 16.8 Å². The summed E-state index contributed by atoms with van der Waals surface area (Å²) in [4.78, 5) is 26.5. The summed E-state index contributed by atoms with van der Waals surface area (Å²) in [7, 11) is 1.74. The molecule has 1 aliphatic heterocycles. The van der Waals surface area contributed by atoms with E-state index < -0.39 is 12.0 Å². The molecule has 4 aromatic rings. The second kappa shape index (κ2) is 9.88. The number of carbonyl (C=O) groups is 1. The average molecular weight is 489 g/mol. The van der Waals surface area contributed by atoms with Gasteiger partial charge in [0, 0.05) is 12.6 Å². The van der Waals surface area contributed by atoms with Crippen molar-refractivity contribution in [1.29, 1.82) is 5.26 Å². The van der Waals surface area contributed by atoms with E-state index in [1.807, 2.05) is 97.1 Å². The number of hydrogen-bond donors (Lipinski definition) is 1. The second-order valence-electron chi connectivity index (χ2n) is 8.65. The molecule has 0 spiro atoms. The van der Waals surface area contributed by atoms with Gasteiger partial charge in [0.2, 0.25) is 0 Å². The summed E-state index contributed by atoms with van der Waals surface area (Å²) in [6, 6.07) is 28.3. The molecule has 1 unspecified atom stereocenters. The Morgan fingerprint density at radius 2 is 1.65 bits per heavy atom. The van der Waals surface area contributed by atoms with Crippen LogP contribution in [0.2, 0.25) is 0 Å². The van der Waals surface area contributed by atoms with Gasteiger partial charge in [0.05, 0.1) is 11.4 Å². The van der Waals surface area contributed by atoms with Crippen molar-refractivity contribution in [1.82, 2.24) is 9.36 Å². The molecule has 1 aliphatic rings. The number of fused-ring (bicyclic) bond motifs is 1. The molecule has 5 rings (SSSR count). The van der Waals surface area contributed by atoms with Crippen LogP contribution in [0.5, 0.6) is 5.75 Å². The lowest BCUT2D eigenvalue weighted by molar-refractivity contribution is -0.112. The van der Waals surface area contributed by atoms with Gasteiger partial charge in [-0.2, -0.15) is 5.26 Å². The SMILES string of the molecule is Cc1c(NC(=O)/C(C#N)=C/C2=Cc3ccccc3OC2c2ccccc2)c(=O)n(-c2ccccc2)n1C. The van der Waals surface area contributed by atoms with Crippen LogP contribution in [0.15, 0.2) is 107 Å². The Labute approximate surface area is 214 Å². The maximum atomic E-state index is 13.2. The summed E-state index contributed by atoms with van der Waals surface area (Å²) in [5, 5.41) is 12.6. The van der Waals surface area contributed by atoms with Gasteiger partial charge in [-0.25, -0.2) is 4.68 Å². The first-order chi connectivity index (χ1) is 18.0. The standard InChI is InChI=1S/C30H24N4O3/c1-20-27(30(36)34(33(20)2)25-14-7-4-8-15-25)32-29(35)24(19-31)18-23-17-22-13-9-10-16-26(22)37-28(23)21-11-5-3-6-12-21/h3-18,28H,1-2H3,(H,32,35)/b24-18+. The third kappa shape index (κ3) is 4.48. The Kier molecular flexibility index (Phi) is 6.31. The maximum absolute atomic E-state index is 13.2. The van der Waals surface area contributed by atoms with E-state index in [4.69, 9.17) is 4.74 Å². The van der Waals surface area contributed by atoms with E-state index in [0.29, 0.717) is 17.0 Å². The summed E-state index contributed by atoms with van der Waals surface area (Å²) in [6.07, 6.45) is 2.94. The Balaban J connectivity index is 1.51. The van der Waals surface area contributed by atoms with Crippen molar-refractivity contribution >= 4 is 17.7 Å². The molecule has 0 aliphatic carbocycles. The number of para-hydroxylation sites is 2. The molecule has 0 fully saturated rings. The summed E-state index contributed by atoms with van der Waals surface area (Å²) in [6.45, 7) is 1.74. The number of nitrogens with one attached hydrogen (secondary N) is 1. The fourth-order valence-corrected chi connectivity index (χ4v) is 4.37. The number of ether oxygens (including phenoxy) is 1. The third-order valence-electron chi connectivity index (χ3n) is 6.36. The Morgan fingerprint density at radius 3 is 2.35 bits per heavy atom. The maximum Gasteiger partial charge on any atom is 0.295 e. The molecule has 182 valence electrons. The highest BCUT2D eigenvalue weighted by molar-refractivity contribution is 6.07. The van der Waals surface area contributed by atoms with Gasteiger partial charge in [-0.1, -0.05) is 66.7 Å². The van der Waals surface area contributed by atoms with Crippen molar-refractivity contribution < 1.29 is 9.53 Å². The fourth-order valence-electron chi connectivity index (χ4n) is 4.37. The number of nitriles is 1. The van der Waals surface area contributed by atoms with Crippen LogP contribution in [0, 0.1) is 18.3 Å². The Morgan fingerprint density at radius 1 is 1.00 bits per heavy atom. The highest BCUT2D eigenvalue weighted by Crippen LogP contribution is 2.38. The number of benzene rings is 3. The van der Waals surface area contributed by atoms with Crippen LogP contribution in [-0.4, -0.2) is 15.3 Å². The first-order valence-electron chi connectivity index (χ1n) is 11.8. The molecular weight excluding hydrogens is 464 g/mol. The third-order valence-corrected chi connectivity index (χ3v) is 6.36. The highest BCUT2D eigenvalue weighted by Gasteiger charge is 2.25. The fraction of sp³-hybridized carbons (Fsp3) is 0.100. The number of rotatable bonds is 5. The van der Waals surface area contributed by atoms with E-state index in [9.17, 15) is 14.9 Å². The number of nitrogens with zero attached hydrogens (tertiary/aromatic N) is 3. The Bertz CT molecular complexity index is 1640. The molecule has 1 atom stereocenters. The van der Waals surface area contributed by atoms with E-state index >= 15 is 0 Å². The molecule has 2 heterocycles. The van der Waals surface area contributed by atoms with Crippen LogP contribution >= 0.6 is 0 Å². The average Bonchev–Trinajstić information content (AvgIpc) is 3.14. The van der Waals surface area contributed by atoms with Gasteiger partial charge in [-0.05, 0) is 48.4 Å². The largest absolute Gasteiger partial charge is 0.480 e. The smallest absolute Gasteiger partial charge is 0.295 e. The monoisotopic (exact) mass is 488 g/mol. The number of amides is 1. The normalized spacial score (nSPS) is 14.7. The molecule has 7 heteroatoms. The lowest BCUT2D eigenvalue weighted by Crippen LogP contribution is -2.23. The molecule has 3 aromatic carbocycles. The van der Waals surface area contributed by atoms with Crippen molar-refractivity contribution in [3.63, 3.8) is 0 Å². The molecule has 7 nitrogen and oxygen atoms in total. The van der Waals surface area contributed by atoms with Crippen molar-refractivity contribution in [2.45, 2.75) is 13.0 Å². The van der Waals surface area contributed by atoms with Crippen LogP contribution in [-0.2, 0) is 11.8 Å². The van der Waals surface area contributed by atoms with E-state index in [1.54, 1.807) is 18.7 Å². The molecule has 0 bridgehead atoms. The quantitative estimate of drug-likeness (QED) is 0.313. The van der Waals surface area contributed by atoms with E-state index in [1.165, 1.54) is 10.8 Å². The second-order valence-corrected chi connectivity index (χ2v) is 8.65. The van der Waals surface area contributed by atoms with Crippen LogP contribution in [0.1, 0.15) is 22.9 Å². The molecule has 1 N–H and O–H groups in total. The number of carbonyl (C=O) groups excluding carboxylic acids is 1. The van der Waals surface area contributed by atoms with Crippen molar-refractivity contribution in [3.05, 3.63) is 129 Å². The minimum Gasteiger partial charge on any atom is -0.480 e. The predicted molar refractivity (Wildman–Crippen MR) is 142 cm³/mol. The van der Waals surface area contributed by atoms with Gasteiger partial charge in [0.1, 0.15) is 29.2 Å². The first kappa shape index (κ1) is 23.6. The summed E-state index contributed by atoms with van der Waals surface area (Å²) >= 11 is 0. The van der Waals surface area contributed by atoms with Gasteiger partial charge in [-0.15, -0.1) is 0 Å². The number of anilines is 1. The van der Waals surface area contributed by atoms with Gasteiger partial charge in [-0.3, -0.25) is 14.3 Å². The van der Waals surface area contributed by atoms with E-state index in [0.717, 1.165) is 16.9 Å². The van der Waals surface area contributed by atoms with Crippen LogP contribution in [0.4, 0.5) is 5.69 Å². The molecular formula is C30H24N4O3. The zero-order valence-electron chi connectivity index (χ0n) is 20.4. The van der Waals surface area contributed by atoms with Gasteiger partial charge in [0.25, 0.3) is 11.5 Å². The summed E-state index contributed by atoms with van der Waals surface area (Å²) < 4.78 is 9.41. The van der Waals surface area contributed by atoms with Crippen LogP contribution < -0.4 is 15.6 Å². The van der Waals surface area contributed by atoms with Crippen molar-refractivity contribution in [3.8, 4) is 17.5 Å². The zero-order chi connectivity index (χ0) is 25.9. The number of hydrogen-bond acceptors (Lipinski definition) is 4. The highest BCUT2D eigenvalue weighted by atomic mass is 16.5.